The summed E-state index contributed by atoms with van der Waals surface area (Å²) in [6, 6.07) is 15.0. The Morgan fingerprint density at radius 2 is 1.71 bits per heavy atom. The van der Waals surface area contributed by atoms with Crippen LogP contribution in [0.3, 0.4) is 0 Å². The minimum Gasteiger partial charge on any atom is -0.497 e. The topological polar surface area (TPSA) is 65.6 Å². The van der Waals surface area contributed by atoms with Gasteiger partial charge >= 0.3 is 0 Å². The second-order valence-corrected chi connectivity index (χ2v) is 8.94. The molecule has 2 aromatic rings. The molecule has 0 aliphatic carbocycles. The summed E-state index contributed by atoms with van der Waals surface area (Å²) in [5.41, 5.74) is 2.67. The lowest BCUT2D eigenvalue weighted by Crippen LogP contribution is -2.60. The molecule has 8 heteroatoms. The molecule has 2 aliphatic heterocycles. The van der Waals surface area contributed by atoms with Gasteiger partial charge in [-0.05, 0) is 35.9 Å². The lowest BCUT2D eigenvalue weighted by atomic mass is 10.0. The van der Waals surface area contributed by atoms with Crippen molar-refractivity contribution in [3.63, 3.8) is 0 Å². The van der Waals surface area contributed by atoms with Gasteiger partial charge in [-0.3, -0.25) is 14.5 Å². The molecule has 0 aromatic heterocycles. The number of carbonyl (C=O) groups excluding carboxylic acids is 2. The molecule has 34 heavy (non-hydrogen) atoms. The maximum Gasteiger partial charge on any atom is 0.254 e. The number of anilines is 1. The predicted molar refractivity (Wildman–Crippen MR) is 131 cm³/mol. The standard InChI is InChI=1S/C26H34N4O4/c1-27(2)26(32)24-19-29(21-8-10-22(33-3)11-9-21)12-13-30(24)25(31)23-7-5-4-6-20(23)18-28-14-16-34-17-15-28/h4-11,24H,12-19H2,1-3H3/t24-/m1/s1. The highest BCUT2D eigenvalue weighted by atomic mass is 16.5. The van der Waals surface area contributed by atoms with Crippen molar-refractivity contribution in [2.75, 3.05) is 72.0 Å². The van der Waals surface area contributed by atoms with Gasteiger partial charge in [0.25, 0.3) is 5.91 Å². The lowest BCUT2D eigenvalue weighted by molar-refractivity contribution is -0.133. The maximum atomic E-state index is 13.8. The minimum absolute atomic E-state index is 0.0720. The van der Waals surface area contributed by atoms with E-state index in [-0.39, 0.29) is 11.8 Å². The molecule has 2 saturated heterocycles. The first kappa shape index (κ1) is 24.0. The number of ether oxygens (including phenoxy) is 2. The van der Waals surface area contributed by atoms with Crippen LogP contribution < -0.4 is 9.64 Å². The van der Waals surface area contributed by atoms with E-state index in [2.05, 4.69) is 9.80 Å². The number of rotatable bonds is 6. The predicted octanol–water partition coefficient (Wildman–Crippen LogP) is 1.95. The molecule has 0 bridgehead atoms. The molecule has 2 aromatic carbocycles. The Labute approximate surface area is 201 Å². The molecule has 2 aliphatic rings. The van der Waals surface area contributed by atoms with Crippen molar-refractivity contribution >= 4 is 17.5 Å². The number of hydrogen-bond acceptors (Lipinski definition) is 6. The van der Waals surface area contributed by atoms with E-state index < -0.39 is 6.04 Å². The molecule has 2 fully saturated rings. The number of benzene rings is 2. The number of amides is 2. The minimum atomic E-state index is -0.560. The number of hydrogen-bond donors (Lipinski definition) is 0. The van der Waals surface area contributed by atoms with Crippen LogP contribution in [0, 0.1) is 0 Å². The fourth-order valence-corrected chi connectivity index (χ4v) is 4.58. The summed E-state index contributed by atoms with van der Waals surface area (Å²) in [6.45, 7) is 5.40. The number of carbonyl (C=O) groups is 2. The smallest absolute Gasteiger partial charge is 0.254 e. The van der Waals surface area contributed by atoms with E-state index in [4.69, 9.17) is 9.47 Å². The van der Waals surface area contributed by atoms with Crippen molar-refractivity contribution in [3.05, 3.63) is 59.7 Å². The van der Waals surface area contributed by atoms with Crippen molar-refractivity contribution in [1.82, 2.24) is 14.7 Å². The van der Waals surface area contributed by atoms with Crippen LogP contribution in [-0.4, -0.2) is 99.7 Å². The van der Waals surface area contributed by atoms with E-state index >= 15 is 0 Å². The molecule has 4 rings (SSSR count). The van der Waals surface area contributed by atoms with E-state index in [9.17, 15) is 9.59 Å². The largest absolute Gasteiger partial charge is 0.497 e. The third kappa shape index (κ3) is 5.34. The highest BCUT2D eigenvalue weighted by molar-refractivity contribution is 5.99. The Hall–Kier alpha value is -3.10. The number of piperazine rings is 1. The Kier molecular flexibility index (Phi) is 7.70. The molecule has 0 spiro atoms. The average Bonchev–Trinajstić information content (AvgIpc) is 2.88. The zero-order valence-electron chi connectivity index (χ0n) is 20.3. The fourth-order valence-electron chi connectivity index (χ4n) is 4.58. The van der Waals surface area contributed by atoms with E-state index in [1.807, 2.05) is 48.5 Å². The molecule has 1 atom stereocenters. The molecule has 182 valence electrons. The Morgan fingerprint density at radius 3 is 2.38 bits per heavy atom. The summed E-state index contributed by atoms with van der Waals surface area (Å²) in [5, 5.41) is 0. The van der Waals surface area contributed by atoms with Crippen LogP contribution in [0.1, 0.15) is 15.9 Å². The summed E-state index contributed by atoms with van der Waals surface area (Å²) in [4.78, 5) is 34.8. The first-order chi connectivity index (χ1) is 16.5. The molecule has 2 amide bonds. The van der Waals surface area contributed by atoms with Gasteiger partial charge in [0, 0.05) is 64.6 Å². The Bertz CT molecular complexity index is 989. The number of morpholine rings is 1. The normalized spacial score (nSPS) is 19.1. The van der Waals surface area contributed by atoms with Crippen LogP contribution in [0.5, 0.6) is 5.75 Å². The summed E-state index contributed by atoms with van der Waals surface area (Å²) >= 11 is 0. The molecule has 8 nitrogen and oxygen atoms in total. The monoisotopic (exact) mass is 466 g/mol. The molecule has 0 unspecified atom stereocenters. The average molecular weight is 467 g/mol. The molecular formula is C26H34N4O4. The highest BCUT2D eigenvalue weighted by Gasteiger charge is 2.37. The van der Waals surface area contributed by atoms with Gasteiger partial charge in [-0.25, -0.2) is 0 Å². The van der Waals surface area contributed by atoms with Crippen molar-refractivity contribution in [3.8, 4) is 5.75 Å². The van der Waals surface area contributed by atoms with Crippen LogP contribution in [0.4, 0.5) is 5.69 Å². The van der Waals surface area contributed by atoms with Crippen LogP contribution in [0.25, 0.3) is 0 Å². The SMILES string of the molecule is COc1ccc(N2CCN(C(=O)c3ccccc3CN3CCOCC3)[C@@H](C(=O)N(C)C)C2)cc1. The van der Waals surface area contributed by atoms with E-state index in [0.717, 1.165) is 30.1 Å². The van der Waals surface area contributed by atoms with Gasteiger partial charge in [-0.1, -0.05) is 18.2 Å². The van der Waals surface area contributed by atoms with E-state index in [1.54, 1.807) is 31.0 Å². The van der Waals surface area contributed by atoms with Crippen LogP contribution in [0.2, 0.25) is 0 Å². The van der Waals surface area contributed by atoms with Crippen molar-refractivity contribution in [1.29, 1.82) is 0 Å². The maximum absolute atomic E-state index is 13.8. The summed E-state index contributed by atoms with van der Waals surface area (Å²) in [5.74, 6) is 0.631. The van der Waals surface area contributed by atoms with Crippen molar-refractivity contribution in [2.24, 2.45) is 0 Å². The van der Waals surface area contributed by atoms with Gasteiger partial charge < -0.3 is 24.2 Å². The third-order valence-corrected chi connectivity index (χ3v) is 6.55. The van der Waals surface area contributed by atoms with E-state index in [0.29, 0.717) is 45.0 Å². The zero-order chi connectivity index (χ0) is 24.1. The highest BCUT2D eigenvalue weighted by Crippen LogP contribution is 2.25. The number of methoxy groups -OCH3 is 1. The second kappa shape index (κ2) is 10.9. The van der Waals surface area contributed by atoms with Gasteiger partial charge in [0.1, 0.15) is 11.8 Å². The zero-order valence-corrected chi connectivity index (χ0v) is 20.3. The van der Waals surface area contributed by atoms with Crippen LogP contribution >= 0.6 is 0 Å². The Morgan fingerprint density at radius 1 is 1.00 bits per heavy atom. The van der Waals surface area contributed by atoms with Gasteiger partial charge in [0.05, 0.1) is 20.3 Å². The van der Waals surface area contributed by atoms with Crippen molar-refractivity contribution in [2.45, 2.75) is 12.6 Å². The summed E-state index contributed by atoms with van der Waals surface area (Å²) in [6.07, 6.45) is 0. The fraction of sp³-hybridized carbons (Fsp3) is 0.462. The first-order valence-corrected chi connectivity index (χ1v) is 11.8. The van der Waals surface area contributed by atoms with Gasteiger partial charge in [0.2, 0.25) is 5.91 Å². The van der Waals surface area contributed by atoms with E-state index in [1.165, 1.54) is 0 Å². The summed E-state index contributed by atoms with van der Waals surface area (Å²) in [7, 11) is 5.12. The lowest BCUT2D eigenvalue weighted by Gasteiger charge is -2.42. The number of nitrogens with zero attached hydrogens (tertiary/aromatic N) is 4. The molecular weight excluding hydrogens is 432 g/mol. The molecule has 2 heterocycles. The first-order valence-electron chi connectivity index (χ1n) is 11.8. The van der Waals surface area contributed by atoms with Gasteiger partial charge in [0.15, 0.2) is 0 Å². The van der Waals surface area contributed by atoms with Gasteiger partial charge in [-0.15, -0.1) is 0 Å². The molecule has 0 radical (unpaired) electrons. The Balaban J connectivity index is 1.56. The molecule has 0 N–H and O–H groups in total. The second-order valence-electron chi connectivity index (χ2n) is 8.94. The van der Waals surface area contributed by atoms with Crippen molar-refractivity contribution < 1.29 is 19.1 Å². The summed E-state index contributed by atoms with van der Waals surface area (Å²) < 4.78 is 10.7. The van der Waals surface area contributed by atoms with Crippen LogP contribution in [0.15, 0.2) is 48.5 Å². The quantitative estimate of drug-likeness (QED) is 0.649. The van der Waals surface area contributed by atoms with Crippen LogP contribution in [-0.2, 0) is 16.1 Å². The van der Waals surface area contributed by atoms with Gasteiger partial charge in [-0.2, -0.15) is 0 Å². The molecule has 0 saturated carbocycles. The third-order valence-electron chi connectivity index (χ3n) is 6.55. The number of likely N-dealkylation sites (N-methyl/N-ethyl adjacent to an activating group) is 1.